The molecule has 0 aliphatic carbocycles. The van der Waals surface area contributed by atoms with Gasteiger partial charge in [0.15, 0.2) is 0 Å². The third-order valence-corrected chi connectivity index (χ3v) is 5.23. The molecule has 3 rings (SSSR count). The van der Waals surface area contributed by atoms with E-state index < -0.39 is 0 Å². The molecule has 1 aliphatic heterocycles. The van der Waals surface area contributed by atoms with Gasteiger partial charge in [0, 0.05) is 36.9 Å². The Labute approximate surface area is 157 Å². The van der Waals surface area contributed by atoms with Gasteiger partial charge < -0.3 is 4.90 Å². The van der Waals surface area contributed by atoms with Crippen molar-refractivity contribution >= 4 is 28.7 Å². The Hall–Kier alpha value is -2.73. The predicted molar refractivity (Wildman–Crippen MR) is 103 cm³/mol. The quantitative estimate of drug-likeness (QED) is 0.532. The molecular weight excluding hydrogens is 346 g/mol. The zero-order valence-electron chi connectivity index (χ0n) is 14.7. The molecule has 1 aliphatic rings. The molecule has 0 fully saturated rings. The van der Waals surface area contributed by atoms with Crippen LogP contribution in [-0.4, -0.2) is 46.2 Å². The first kappa shape index (κ1) is 18.1. The van der Waals surface area contributed by atoms with Gasteiger partial charge in [-0.2, -0.15) is 0 Å². The number of imide groups is 1. The van der Waals surface area contributed by atoms with Crippen molar-refractivity contribution in [2.75, 3.05) is 19.6 Å². The fraction of sp³-hybridized carbons (Fsp3) is 0.250. The number of nitrogens with zero attached hydrogens (tertiary/aromatic N) is 3. The number of thiophene rings is 1. The van der Waals surface area contributed by atoms with Gasteiger partial charge in [0.05, 0.1) is 5.57 Å². The van der Waals surface area contributed by atoms with Crippen molar-refractivity contribution in [1.29, 1.82) is 0 Å². The van der Waals surface area contributed by atoms with E-state index in [-0.39, 0.29) is 18.4 Å². The van der Waals surface area contributed by atoms with Crippen LogP contribution in [0.4, 0.5) is 0 Å². The molecule has 2 aromatic rings. The first-order valence-corrected chi connectivity index (χ1v) is 9.44. The highest BCUT2D eigenvalue weighted by atomic mass is 32.1. The van der Waals surface area contributed by atoms with Crippen LogP contribution in [0, 0.1) is 0 Å². The molecule has 3 heterocycles. The summed E-state index contributed by atoms with van der Waals surface area (Å²) in [5.74, 6) is -0.482. The van der Waals surface area contributed by atoms with E-state index in [1.165, 1.54) is 16.2 Å². The van der Waals surface area contributed by atoms with Crippen LogP contribution in [0.5, 0.6) is 0 Å². The van der Waals surface area contributed by atoms with E-state index in [1.807, 2.05) is 41.5 Å². The molecule has 5 nitrogen and oxygen atoms in total. The number of rotatable bonds is 8. The Morgan fingerprint density at radius 1 is 1.23 bits per heavy atom. The number of pyridine rings is 1. The van der Waals surface area contributed by atoms with Crippen LogP contribution in [0.3, 0.4) is 0 Å². The lowest BCUT2D eigenvalue weighted by atomic mass is 10.1. The second kappa shape index (κ2) is 8.10. The van der Waals surface area contributed by atoms with Crippen molar-refractivity contribution in [1.82, 2.24) is 14.8 Å². The zero-order chi connectivity index (χ0) is 18.5. The number of carbonyl (C=O) groups is 2. The summed E-state index contributed by atoms with van der Waals surface area (Å²) in [4.78, 5) is 34.0. The minimum absolute atomic E-state index is 0.220. The molecule has 0 N–H and O–H groups in total. The fourth-order valence-electron chi connectivity index (χ4n) is 3.04. The van der Waals surface area contributed by atoms with Crippen molar-refractivity contribution in [3.8, 4) is 0 Å². The first-order valence-electron chi connectivity index (χ1n) is 8.56. The Kier molecular flexibility index (Phi) is 5.63. The molecular formula is C20H21N3O2S. The summed E-state index contributed by atoms with van der Waals surface area (Å²) in [5, 5.41) is 1.92. The highest BCUT2D eigenvalue weighted by molar-refractivity contribution is 7.11. The van der Waals surface area contributed by atoms with Gasteiger partial charge in [0.1, 0.15) is 5.70 Å². The van der Waals surface area contributed by atoms with Gasteiger partial charge in [-0.3, -0.25) is 19.5 Å². The van der Waals surface area contributed by atoms with Gasteiger partial charge >= 0.3 is 0 Å². The Morgan fingerprint density at radius 2 is 2.00 bits per heavy atom. The lowest BCUT2D eigenvalue weighted by Crippen LogP contribution is -2.36. The van der Waals surface area contributed by atoms with Crippen LogP contribution in [0.15, 0.2) is 60.4 Å². The van der Waals surface area contributed by atoms with E-state index in [0.29, 0.717) is 24.4 Å². The summed E-state index contributed by atoms with van der Waals surface area (Å²) in [6, 6.07) is 7.72. The lowest BCUT2D eigenvalue weighted by molar-refractivity contribution is -0.136. The molecule has 0 saturated carbocycles. The summed E-state index contributed by atoms with van der Waals surface area (Å²) in [7, 11) is 0. The molecule has 0 atom stereocenters. The maximum Gasteiger partial charge on any atom is 0.278 e. The molecule has 2 amide bonds. The maximum absolute atomic E-state index is 13.0. The Morgan fingerprint density at radius 3 is 2.62 bits per heavy atom. The molecule has 0 bridgehead atoms. The molecule has 0 aromatic carbocycles. The van der Waals surface area contributed by atoms with E-state index in [0.717, 1.165) is 16.9 Å². The summed E-state index contributed by atoms with van der Waals surface area (Å²) in [6.45, 7) is 7.19. The van der Waals surface area contributed by atoms with Crippen LogP contribution >= 0.6 is 11.3 Å². The molecule has 2 aromatic heterocycles. The molecule has 0 spiro atoms. The monoisotopic (exact) mass is 367 g/mol. The molecule has 0 radical (unpaired) electrons. The second-order valence-electron chi connectivity index (χ2n) is 5.90. The molecule has 0 saturated heterocycles. The smallest absolute Gasteiger partial charge is 0.278 e. The Bertz CT molecular complexity index is 828. The number of amides is 2. The third kappa shape index (κ3) is 3.46. The average molecular weight is 367 g/mol. The van der Waals surface area contributed by atoms with Gasteiger partial charge in [0.2, 0.25) is 0 Å². The number of hydrogen-bond donors (Lipinski definition) is 0. The SMILES string of the molecule is C=CCN1C(=O)C(c2cccs2)=C(N(CC)CCc2ccncc2)C1=O. The number of hydrogen-bond acceptors (Lipinski definition) is 5. The normalized spacial score (nSPS) is 14.3. The third-order valence-electron chi connectivity index (χ3n) is 4.34. The van der Waals surface area contributed by atoms with Crippen LogP contribution in [0.25, 0.3) is 5.57 Å². The van der Waals surface area contributed by atoms with E-state index >= 15 is 0 Å². The molecule has 6 heteroatoms. The fourth-order valence-corrected chi connectivity index (χ4v) is 3.80. The van der Waals surface area contributed by atoms with E-state index in [1.54, 1.807) is 18.5 Å². The minimum atomic E-state index is -0.241. The van der Waals surface area contributed by atoms with E-state index in [4.69, 9.17) is 0 Å². The van der Waals surface area contributed by atoms with E-state index in [9.17, 15) is 9.59 Å². The van der Waals surface area contributed by atoms with Gasteiger partial charge in [-0.25, -0.2) is 0 Å². The van der Waals surface area contributed by atoms with Gasteiger partial charge in [-0.05, 0) is 42.5 Å². The Balaban J connectivity index is 1.94. The largest absolute Gasteiger partial charge is 0.366 e. The minimum Gasteiger partial charge on any atom is -0.366 e. The van der Waals surface area contributed by atoms with Crippen LogP contribution in [0.2, 0.25) is 0 Å². The second-order valence-corrected chi connectivity index (χ2v) is 6.84. The lowest BCUT2D eigenvalue weighted by Gasteiger charge is -2.24. The highest BCUT2D eigenvalue weighted by Crippen LogP contribution is 2.33. The van der Waals surface area contributed by atoms with Gasteiger partial charge in [-0.15, -0.1) is 17.9 Å². The summed E-state index contributed by atoms with van der Waals surface area (Å²) in [6.07, 6.45) is 5.88. The van der Waals surface area contributed by atoms with Crippen molar-refractivity contribution in [3.05, 3.63) is 70.8 Å². The van der Waals surface area contributed by atoms with Crippen LogP contribution in [-0.2, 0) is 16.0 Å². The van der Waals surface area contributed by atoms with Gasteiger partial charge in [-0.1, -0.05) is 12.1 Å². The van der Waals surface area contributed by atoms with Crippen LogP contribution < -0.4 is 0 Å². The zero-order valence-corrected chi connectivity index (χ0v) is 15.5. The summed E-state index contributed by atoms with van der Waals surface area (Å²) >= 11 is 1.47. The molecule has 0 unspecified atom stereocenters. The number of aromatic nitrogens is 1. The van der Waals surface area contributed by atoms with Crippen molar-refractivity contribution in [2.45, 2.75) is 13.3 Å². The first-order chi connectivity index (χ1) is 12.7. The van der Waals surface area contributed by atoms with Crippen molar-refractivity contribution in [3.63, 3.8) is 0 Å². The summed E-state index contributed by atoms with van der Waals surface area (Å²) < 4.78 is 0. The molecule has 26 heavy (non-hydrogen) atoms. The average Bonchev–Trinajstić information content (AvgIpc) is 3.26. The van der Waals surface area contributed by atoms with E-state index in [2.05, 4.69) is 11.6 Å². The van der Waals surface area contributed by atoms with Crippen LogP contribution in [0.1, 0.15) is 17.4 Å². The predicted octanol–water partition coefficient (Wildman–Crippen LogP) is 2.97. The topological polar surface area (TPSA) is 53.5 Å². The van der Waals surface area contributed by atoms with Gasteiger partial charge in [0.25, 0.3) is 11.8 Å². The number of likely N-dealkylation sites (N-methyl/N-ethyl adjacent to an activating group) is 1. The maximum atomic E-state index is 13.0. The van der Waals surface area contributed by atoms with Crippen molar-refractivity contribution < 1.29 is 9.59 Å². The number of carbonyl (C=O) groups excluding carboxylic acids is 2. The summed E-state index contributed by atoms with van der Waals surface area (Å²) in [5.41, 5.74) is 2.15. The van der Waals surface area contributed by atoms with Crippen molar-refractivity contribution in [2.24, 2.45) is 0 Å². The molecule has 134 valence electrons. The standard InChI is InChI=1S/C20H21N3O2S/c1-3-12-23-19(24)17(16-6-5-14-26-16)18(20(23)25)22(4-2)13-9-15-7-10-21-11-8-15/h3,5-8,10-11,14H,1,4,9,12-13H2,2H3. The highest BCUT2D eigenvalue weighted by Gasteiger charge is 2.40.